The lowest BCUT2D eigenvalue weighted by Gasteiger charge is -2.10. The molecule has 0 bridgehead atoms. The zero-order chi connectivity index (χ0) is 14.9. The molecule has 7 nitrogen and oxygen atoms in total. The maximum absolute atomic E-state index is 12.3. The Hall–Kier alpha value is -1.80. The van der Waals surface area contributed by atoms with Crippen LogP contribution < -0.4 is 10.5 Å². The Bertz CT molecular complexity index is 699. The first kappa shape index (κ1) is 14.6. The number of nitrogens with one attached hydrogen (secondary N) is 1. The van der Waals surface area contributed by atoms with Crippen LogP contribution in [0.2, 0.25) is 0 Å². The van der Waals surface area contributed by atoms with E-state index in [1.807, 2.05) is 18.4 Å². The van der Waals surface area contributed by atoms with Crippen molar-refractivity contribution in [2.75, 3.05) is 4.72 Å². The molecule has 3 N–H and O–H groups in total. The summed E-state index contributed by atoms with van der Waals surface area (Å²) in [6, 6.07) is 3.33. The van der Waals surface area contributed by atoms with Gasteiger partial charge in [-0.1, -0.05) is 0 Å². The van der Waals surface area contributed by atoms with E-state index in [1.54, 1.807) is 31.6 Å². The van der Waals surface area contributed by atoms with Crippen molar-refractivity contribution < 1.29 is 8.42 Å². The summed E-state index contributed by atoms with van der Waals surface area (Å²) in [5.74, 6) is 0.291. The number of hydrogen-bond donors (Lipinski definition) is 2. The number of nitrogens with two attached hydrogens (primary N) is 1. The molecule has 2 heterocycles. The quantitative estimate of drug-likeness (QED) is 0.862. The van der Waals surface area contributed by atoms with Crippen molar-refractivity contribution in [1.29, 1.82) is 0 Å². The van der Waals surface area contributed by atoms with E-state index >= 15 is 0 Å². The van der Waals surface area contributed by atoms with Gasteiger partial charge in [0.1, 0.15) is 4.90 Å². The fraction of sp³-hybridized carbons (Fsp3) is 0.417. The number of anilines is 1. The van der Waals surface area contributed by atoms with E-state index in [9.17, 15) is 8.42 Å². The average Bonchev–Trinajstić information content (AvgIpc) is 2.95. The van der Waals surface area contributed by atoms with Gasteiger partial charge in [0.2, 0.25) is 0 Å². The van der Waals surface area contributed by atoms with Gasteiger partial charge in [-0.15, -0.1) is 0 Å². The Balaban J connectivity index is 2.34. The highest BCUT2D eigenvalue weighted by Gasteiger charge is 2.20. The van der Waals surface area contributed by atoms with E-state index in [2.05, 4.69) is 9.82 Å². The molecule has 0 aliphatic rings. The Morgan fingerprint density at radius 3 is 2.60 bits per heavy atom. The SMILES string of the molecule is CC(C)n1cc(S(=O)(=O)Nc2ccn(C)n2)cc1CN. The largest absolute Gasteiger partial charge is 0.346 e. The van der Waals surface area contributed by atoms with Gasteiger partial charge in [-0.2, -0.15) is 5.10 Å². The van der Waals surface area contributed by atoms with Crippen LogP contribution in [-0.4, -0.2) is 22.8 Å². The van der Waals surface area contributed by atoms with E-state index in [4.69, 9.17) is 5.73 Å². The fourth-order valence-corrected chi connectivity index (χ4v) is 3.00. The molecule has 0 radical (unpaired) electrons. The molecule has 2 aromatic rings. The third kappa shape index (κ3) is 2.86. The Kier molecular flexibility index (Phi) is 3.87. The summed E-state index contributed by atoms with van der Waals surface area (Å²) >= 11 is 0. The van der Waals surface area contributed by atoms with Crippen LogP contribution >= 0.6 is 0 Å². The molecule has 0 saturated heterocycles. The van der Waals surface area contributed by atoms with Crippen molar-refractivity contribution >= 4 is 15.8 Å². The number of nitrogens with zero attached hydrogens (tertiary/aromatic N) is 3. The standard InChI is InChI=1S/C12H19N5O2S/c1-9(2)17-8-11(6-10(17)7-13)20(18,19)15-12-4-5-16(3)14-12/h4-6,8-9H,7,13H2,1-3H3,(H,14,15). The predicted octanol–water partition coefficient (Wildman–Crippen LogP) is 1.06. The zero-order valence-electron chi connectivity index (χ0n) is 11.7. The van der Waals surface area contributed by atoms with Crippen molar-refractivity contribution in [3.63, 3.8) is 0 Å². The summed E-state index contributed by atoms with van der Waals surface area (Å²) in [6.07, 6.45) is 3.26. The molecule has 0 amide bonds. The Labute approximate surface area is 118 Å². The van der Waals surface area contributed by atoms with Crippen LogP contribution in [0.4, 0.5) is 5.82 Å². The van der Waals surface area contributed by atoms with Crippen LogP contribution in [0, 0.1) is 0 Å². The Morgan fingerprint density at radius 2 is 2.15 bits per heavy atom. The molecule has 0 fully saturated rings. The predicted molar refractivity (Wildman–Crippen MR) is 76.7 cm³/mol. The molecule has 0 aromatic carbocycles. The van der Waals surface area contributed by atoms with Crippen molar-refractivity contribution in [3.05, 3.63) is 30.2 Å². The maximum atomic E-state index is 12.3. The summed E-state index contributed by atoms with van der Waals surface area (Å²) < 4.78 is 30.4. The highest BCUT2D eigenvalue weighted by Crippen LogP contribution is 2.20. The second kappa shape index (κ2) is 5.29. The summed E-state index contributed by atoms with van der Waals surface area (Å²) in [6.45, 7) is 4.24. The number of aromatic nitrogens is 3. The van der Waals surface area contributed by atoms with Gasteiger partial charge in [0.25, 0.3) is 10.0 Å². The molecular weight excluding hydrogens is 278 g/mol. The third-order valence-corrected chi connectivity index (χ3v) is 4.26. The zero-order valence-corrected chi connectivity index (χ0v) is 12.6. The lowest BCUT2D eigenvalue weighted by atomic mass is 10.3. The second-order valence-electron chi connectivity index (χ2n) is 4.85. The summed E-state index contributed by atoms with van der Waals surface area (Å²) in [7, 11) is -1.93. The van der Waals surface area contributed by atoms with E-state index < -0.39 is 10.0 Å². The second-order valence-corrected chi connectivity index (χ2v) is 6.53. The van der Waals surface area contributed by atoms with E-state index in [-0.39, 0.29) is 17.5 Å². The molecule has 2 rings (SSSR count). The number of rotatable bonds is 5. The van der Waals surface area contributed by atoms with Gasteiger partial charge < -0.3 is 10.3 Å². The van der Waals surface area contributed by atoms with Crippen LogP contribution in [0.1, 0.15) is 25.6 Å². The lowest BCUT2D eigenvalue weighted by molar-refractivity contribution is 0.573. The minimum Gasteiger partial charge on any atom is -0.346 e. The molecule has 0 aliphatic carbocycles. The Morgan fingerprint density at radius 1 is 1.45 bits per heavy atom. The van der Waals surface area contributed by atoms with Gasteiger partial charge in [-0.25, -0.2) is 8.42 Å². The molecule has 0 atom stereocenters. The summed E-state index contributed by atoms with van der Waals surface area (Å²) in [5, 5.41) is 4.00. The van der Waals surface area contributed by atoms with Crippen LogP contribution in [0.25, 0.3) is 0 Å². The minimum atomic E-state index is -3.65. The number of hydrogen-bond acceptors (Lipinski definition) is 4. The van der Waals surface area contributed by atoms with Gasteiger partial charge in [0, 0.05) is 43.8 Å². The number of aryl methyl sites for hydroxylation is 1. The van der Waals surface area contributed by atoms with Crippen LogP contribution in [0.5, 0.6) is 0 Å². The smallest absolute Gasteiger partial charge is 0.264 e. The molecule has 0 saturated carbocycles. The van der Waals surface area contributed by atoms with Crippen LogP contribution in [0.3, 0.4) is 0 Å². The van der Waals surface area contributed by atoms with Crippen LogP contribution in [0.15, 0.2) is 29.4 Å². The maximum Gasteiger partial charge on any atom is 0.264 e. The molecule has 0 spiro atoms. The van der Waals surface area contributed by atoms with Crippen molar-refractivity contribution in [1.82, 2.24) is 14.3 Å². The first-order valence-corrected chi connectivity index (χ1v) is 7.75. The van der Waals surface area contributed by atoms with Gasteiger partial charge in [0.05, 0.1) is 0 Å². The molecular formula is C12H19N5O2S. The molecule has 8 heteroatoms. The normalized spacial score (nSPS) is 12.1. The molecule has 0 aliphatic heterocycles. The highest BCUT2D eigenvalue weighted by molar-refractivity contribution is 7.92. The third-order valence-electron chi connectivity index (χ3n) is 2.94. The van der Waals surface area contributed by atoms with E-state index in [1.165, 1.54) is 4.68 Å². The molecule has 2 aromatic heterocycles. The first-order valence-electron chi connectivity index (χ1n) is 6.27. The minimum absolute atomic E-state index is 0.146. The van der Waals surface area contributed by atoms with Crippen LogP contribution in [-0.2, 0) is 23.6 Å². The van der Waals surface area contributed by atoms with E-state index in [0.717, 1.165) is 5.69 Å². The first-order chi connectivity index (χ1) is 9.33. The van der Waals surface area contributed by atoms with Gasteiger partial charge in [-0.05, 0) is 19.9 Å². The van der Waals surface area contributed by atoms with Gasteiger partial charge in [-0.3, -0.25) is 9.40 Å². The fourth-order valence-electron chi connectivity index (χ4n) is 1.95. The molecule has 0 unspecified atom stereocenters. The summed E-state index contributed by atoms with van der Waals surface area (Å²) in [4.78, 5) is 0.192. The van der Waals surface area contributed by atoms with Gasteiger partial charge in [0.15, 0.2) is 5.82 Å². The summed E-state index contributed by atoms with van der Waals surface area (Å²) in [5.41, 5.74) is 6.43. The molecule has 20 heavy (non-hydrogen) atoms. The topological polar surface area (TPSA) is 94.9 Å². The van der Waals surface area contributed by atoms with Crippen molar-refractivity contribution in [2.45, 2.75) is 31.3 Å². The lowest BCUT2D eigenvalue weighted by Crippen LogP contribution is -2.13. The van der Waals surface area contributed by atoms with Gasteiger partial charge >= 0.3 is 0 Å². The number of sulfonamides is 1. The monoisotopic (exact) mass is 297 g/mol. The highest BCUT2D eigenvalue weighted by atomic mass is 32.2. The van der Waals surface area contributed by atoms with Crippen molar-refractivity contribution in [2.24, 2.45) is 12.8 Å². The molecule has 110 valence electrons. The van der Waals surface area contributed by atoms with Crippen molar-refractivity contribution in [3.8, 4) is 0 Å². The average molecular weight is 297 g/mol. The van der Waals surface area contributed by atoms with E-state index in [0.29, 0.717) is 5.82 Å².